The molecule has 2 aromatic rings. The lowest BCUT2D eigenvalue weighted by Gasteiger charge is -2.27. The Morgan fingerprint density at radius 1 is 1.11 bits per heavy atom. The molecule has 0 aromatic heterocycles. The molecule has 0 radical (unpaired) electrons. The van der Waals surface area contributed by atoms with Crippen LogP contribution >= 0.6 is 0 Å². The van der Waals surface area contributed by atoms with Crippen molar-refractivity contribution in [2.24, 2.45) is 5.92 Å². The first-order valence-electron chi connectivity index (χ1n) is 9.53. The van der Waals surface area contributed by atoms with Crippen LogP contribution in [0, 0.1) is 11.7 Å². The Morgan fingerprint density at radius 2 is 1.81 bits per heavy atom. The van der Waals surface area contributed by atoms with Gasteiger partial charge in [0.1, 0.15) is 19.0 Å². The molecule has 4 nitrogen and oxygen atoms in total. The van der Waals surface area contributed by atoms with Crippen LogP contribution in [-0.2, 0) is 11.3 Å². The lowest BCUT2D eigenvalue weighted by atomic mass is 9.98. The highest BCUT2D eigenvalue weighted by atomic mass is 19.1. The predicted molar refractivity (Wildman–Crippen MR) is 100 cm³/mol. The van der Waals surface area contributed by atoms with E-state index in [9.17, 15) is 9.18 Å². The number of carbonyl (C=O) groups excluding carboxylic acids is 1. The van der Waals surface area contributed by atoms with Crippen LogP contribution in [0.1, 0.15) is 36.8 Å². The topological polar surface area (TPSA) is 38.8 Å². The van der Waals surface area contributed by atoms with Crippen molar-refractivity contribution < 1.29 is 18.7 Å². The number of ether oxygens (including phenoxy) is 2. The number of amides is 1. The van der Waals surface area contributed by atoms with Crippen molar-refractivity contribution in [1.82, 2.24) is 4.90 Å². The van der Waals surface area contributed by atoms with E-state index in [0.717, 1.165) is 23.4 Å². The van der Waals surface area contributed by atoms with E-state index in [-0.39, 0.29) is 17.6 Å². The standard InChI is InChI=1S/C22H24FNO3/c1-15(18-6-9-20-21(12-18)27-11-10-26-20)22(25)24(13-16-2-3-16)14-17-4-7-19(23)8-5-17/h4-9,12,15-16H,2-3,10-11,13-14H2,1H3. The van der Waals surface area contributed by atoms with Gasteiger partial charge in [0.2, 0.25) is 5.91 Å². The Hall–Kier alpha value is -2.56. The van der Waals surface area contributed by atoms with E-state index in [2.05, 4.69) is 0 Å². The van der Waals surface area contributed by atoms with E-state index in [4.69, 9.17) is 9.47 Å². The maximum atomic E-state index is 13.2. The summed E-state index contributed by atoms with van der Waals surface area (Å²) >= 11 is 0. The summed E-state index contributed by atoms with van der Waals surface area (Å²) in [6.07, 6.45) is 2.34. The molecule has 2 aliphatic rings. The van der Waals surface area contributed by atoms with Crippen molar-refractivity contribution in [3.8, 4) is 11.5 Å². The van der Waals surface area contributed by atoms with Crippen molar-refractivity contribution >= 4 is 5.91 Å². The summed E-state index contributed by atoms with van der Waals surface area (Å²) in [6, 6.07) is 12.1. The summed E-state index contributed by atoms with van der Waals surface area (Å²) in [7, 11) is 0. The van der Waals surface area contributed by atoms with Gasteiger partial charge in [-0.1, -0.05) is 18.2 Å². The number of hydrogen-bond donors (Lipinski definition) is 0. The van der Waals surface area contributed by atoms with Gasteiger partial charge in [0.05, 0.1) is 5.92 Å². The fourth-order valence-corrected chi connectivity index (χ4v) is 3.40. The number of rotatable bonds is 6. The van der Waals surface area contributed by atoms with Gasteiger partial charge in [-0.15, -0.1) is 0 Å². The molecular weight excluding hydrogens is 345 g/mol. The van der Waals surface area contributed by atoms with Crippen LogP contribution in [-0.4, -0.2) is 30.6 Å². The molecule has 0 N–H and O–H groups in total. The number of benzene rings is 2. The van der Waals surface area contributed by atoms with Crippen molar-refractivity contribution in [3.63, 3.8) is 0 Å². The monoisotopic (exact) mass is 369 g/mol. The third kappa shape index (κ3) is 4.24. The highest BCUT2D eigenvalue weighted by molar-refractivity contribution is 5.83. The van der Waals surface area contributed by atoms with Gasteiger partial charge in [-0.2, -0.15) is 0 Å². The SMILES string of the molecule is CC(C(=O)N(Cc1ccc(F)cc1)CC1CC1)c1ccc2c(c1)OCCO2. The van der Waals surface area contributed by atoms with Crippen LogP contribution in [0.4, 0.5) is 4.39 Å². The summed E-state index contributed by atoms with van der Waals surface area (Å²) in [5, 5.41) is 0. The highest BCUT2D eigenvalue weighted by Gasteiger charge is 2.30. The molecule has 27 heavy (non-hydrogen) atoms. The number of hydrogen-bond acceptors (Lipinski definition) is 3. The number of fused-ring (bicyclic) bond motifs is 1. The zero-order valence-corrected chi connectivity index (χ0v) is 15.5. The van der Waals surface area contributed by atoms with Crippen LogP contribution in [0.15, 0.2) is 42.5 Å². The normalized spacial score (nSPS) is 16.7. The Labute approximate surface area is 158 Å². The fraction of sp³-hybridized carbons (Fsp3) is 0.409. The molecule has 1 aliphatic heterocycles. The zero-order valence-electron chi connectivity index (χ0n) is 15.5. The first kappa shape index (κ1) is 17.8. The molecule has 1 heterocycles. The Morgan fingerprint density at radius 3 is 2.52 bits per heavy atom. The maximum Gasteiger partial charge on any atom is 0.230 e. The van der Waals surface area contributed by atoms with Gasteiger partial charge in [-0.3, -0.25) is 4.79 Å². The van der Waals surface area contributed by atoms with E-state index in [1.807, 2.05) is 30.0 Å². The van der Waals surface area contributed by atoms with Crippen LogP contribution in [0.5, 0.6) is 11.5 Å². The lowest BCUT2D eigenvalue weighted by molar-refractivity contribution is -0.133. The van der Waals surface area contributed by atoms with Gasteiger partial charge in [-0.25, -0.2) is 4.39 Å². The molecule has 5 heteroatoms. The van der Waals surface area contributed by atoms with E-state index >= 15 is 0 Å². The molecule has 1 aliphatic carbocycles. The lowest BCUT2D eigenvalue weighted by Crippen LogP contribution is -2.35. The van der Waals surface area contributed by atoms with Gasteiger partial charge in [0.25, 0.3) is 0 Å². The van der Waals surface area contributed by atoms with Crippen LogP contribution in [0.2, 0.25) is 0 Å². The van der Waals surface area contributed by atoms with E-state index < -0.39 is 0 Å². The molecule has 0 spiro atoms. The average Bonchev–Trinajstić information content (AvgIpc) is 3.52. The first-order chi connectivity index (χ1) is 13.1. The van der Waals surface area contributed by atoms with Crippen molar-refractivity contribution in [1.29, 1.82) is 0 Å². The molecule has 0 saturated heterocycles. The second kappa shape index (κ2) is 7.59. The van der Waals surface area contributed by atoms with Crippen molar-refractivity contribution in [2.75, 3.05) is 19.8 Å². The quantitative estimate of drug-likeness (QED) is 0.768. The highest BCUT2D eigenvalue weighted by Crippen LogP contribution is 2.35. The zero-order chi connectivity index (χ0) is 18.8. The fourth-order valence-electron chi connectivity index (χ4n) is 3.40. The van der Waals surface area contributed by atoms with Crippen LogP contribution < -0.4 is 9.47 Å². The molecule has 4 rings (SSSR count). The molecule has 1 unspecified atom stereocenters. The smallest absolute Gasteiger partial charge is 0.230 e. The molecule has 142 valence electrons. The molecule has 1 amide bonds. The van der Waals surface area contributed by atoms with Crippen molar-refractivity contribution in [2.45, 2.75) is 32.2 Å². The summed E-state index contributed by atoms with van der Waals surface area (Å²) in [5.74, 6) is 1.56. The molecular formula is C22H24FNO3. The largest absolute Gasteiger partial charge is 0.486 e. The number of nitrogens with zero attached hydrogens (tertiary/aromatic N) is 1. The number of carbonyl (C=O) groups is 1. The van der Waals surface area contributed by atoms with Gasteiger partial charge >= 0.3 is 0 Å². The maximum absolute atomic E-state index is 13.2. The summed E-state index contributed by atoms with van der Waals surface area (Å²) in [6.45, 7) is 4.26. The number of halogens is 1. The summed E-state index contributed by atoms with van der Waals surface area (Å²) in [4.78, 5) is 15.1. The molecule has 2 aromatic carbocycles. The Balaban J connectivity index is 1.52. The minimum Gasteiger partial charge on any atom is -0.486 e. The van der Waals surface area contributed by atoms with Gasteiger partial charge in [0.15, 0.2) is 11.5 Å². The minimum absolute atomic E-state index is 0.0860. The van der Waals surface area contributed by atoms with Gasteiger partial charge in [-0.05, 0) is 61.1 Å². The first-order valence-corrected chi connectivity index (χ1v) is 9.53. The second-order valence-corrected chi connectivity index (χ2v) is 7.41. The minimum atomic E-state index is -0.278. The van der Waals surface area contributed by atoms with Gasteiger partial charge in [0, 0.05) is 13.1 Å². The predicted octanol–water partition coefficient (Wildman–Crippen LogP) is 4.14. The van der Waals surface area contributed by atoms with Gasteiger partial charge < -0.3 is 14.4 Å². The molecule has 1 atom stereocenters. The average molecular weight is 369 g/mol. The molecule has 1 fully saturated rings. The molecule has 1 saturated carbocycles. The Bertz CT molecular complexity index is 817. The van der Waals surface area contributed by atoms with Crippen LogP contribution in [0.25, 0.3) is 0 Å². The summed E-state index contributed by atoms with van der Waals surface area (Å²) < 4.78 is 24.4. The molecule has 0 bridgehead atoms. The van der Waals surface area contributed by atoms with Crippen LogP contribution in [0.3, 0.4) is 0 Å². The summed E-state index contributed by atoms with van der Waals surface area (Å²) in [5.41, 5.74) is 1.86. The van der Waals surface area contributed by atoms with E-state index in [1.165, 1.54) is 25.0 Å². The Kier molecular flexibility index (Phi) is 5.01. The van der Waals surface area contributed by atoms with E-state index in [1.54, 1.807) is 12.1 Å². The van der Waals surface area contributed by atoms with Crippen molar-refractivity contribution in [3.05, 3.63) is 59.4 Å². The van der Waals surface area contributed by atoms with E-state index in [0.29, 0.717) is 31.4 Å². The second-order valence-electron chi connectivity index (χ2n) is 7.41. The third-order valence-electron chi connectivity index (χ3n) is 5.21. The third-order valence-corrected chi connectivity index (χ3v) is 5.21.